The van der Waals surface area contributed by atoms with Crippen LogP contribution in [-0.4, -0.2) is 48.1 Å². The summed E-state index contributed by atoms with van der Waals surface area (Å²) in [6.07, 6.45) is 4.63. The van der Waals surface area contributed by atoms with Gasteiger partial charge in [0.25, 0.3) is 0 Å². The van der Waals surface area contributed by atoms with E-state index in [-0.39, 0.29) is 5.54 Å². The normalized spacial score (nSPS) is 16.2. The summed E-state index contributed by atoms with van der Waals surface area (Å²) in [5.41, 5.74) is 0.262. The Hall–Kier alpha value is 0.270. The monoisotopic (exact) mass is 260 g/mol. The topological polar surface area (TPSA) is 15.3 Å². The molecule has 0 saturated carbocycles. The van der Waals surface area contributed by atoms with Crippen LogP contribution in [0.4, 0.5) is 0 Å². The SMILES string of the molecule is CCC(C)(C)NCC(C)N(C)C(C)CCSC. The van der Waals surface area contributed by atoms with E-state index in [0.717, 1.165) is 6.54 Å². The molecule has 0 saturated heterocycles. The Morgan fingerprint density at radius 3 is 2.29 bits per heavy atom. The van der Waals surface area contributed by atoms with Gasteiger partial charge in [-0.25, -0.2) is 0 Å². The van der Waals surface area contributed by atoms with Crippen LogP contribution in [0.1, 0.15) is 47.5 Å². The van der Waals surface area contributed by atoms with Crippen molar-refractivity contribution in [2.45, 2.75) is 65.1 Å². The van der Waals surface area contributed by atoms with Gasteiger partial charge in [-0.15, -0.1) is 0 Å². The van der Waals surface area contributed by atoms with Crippen molar-refractivity contribution >= 4 is 11.8 Å². The Labute approximate surface area is 113 Å². The van der Waals surface area contributed by atoms with E-state index in [9.17, 15) is 0 Å². The Morgan fingerprint density at radius 2 is 1.82 bits per heavy atom. The number of nitrogens with zero attached hydrogens (tertiary/aromatic N) is 1. The first-order chi connectivity index (χ1) is 7.84. The standard InChI is InChI=1S/C14H32N2S/c1-8-14(4,5)15-11-13(3)16(6)12(2)9-10-17-7/h12-13,15H,8-11H2,1-7H3. The van der Waals surface area contributed by atoms with Crippen LogP contribution < -0.4 is 5.32 Å². The molecule has 17 heavy (non-hydrogen) atoms. The van der Waals surface area contributed by atoms with Crippen molar-refractivity contribution in [3.8, 4) is 0 Å². The minimum atomic E-state index is 0.262. The van der Waals surface area contributed by atoms with Gasteiger partial charge < -0.3 is 5.32 Å². The summed E-state index contributed by atoms with van der Waals surface area (Å²) in [5, 5.41) is 3.65. The first-order valence-corrected chi connectivity index (χ1v) is 8.19. The van der Waals surface area contributed by atoms with E-state index >= 15 is 0 Å². The average molecular weight is 260 g/mol. The molecular formula is C14H32N2S. The van der Waals surface area contributed by atoms with Crippen molar-refractivity contribution in [1.29, 1.82) is 0 Å². The quantitative estimate of drug-likeness (QED) is 0.685. The van der Waals surface area contributed by atoms with Crippen LogP contribution in [0.15, 0.2) is 0 Å². The fraction of sp³-hybridized carbons (Fsp3) is 1.00. The van der Waals surface area contributed by atoms with E-state index in [4.69, 9.17) is 0 Å². The maximum absolute atomic E-state index is 3.65. The number of hydrogen-bond donors (Lipinski definition) is 1. The Bertz CT molecular complexity index is 195. The van der Waals surface area contributed by atoms with Gasteiger partial charge in [-0.3, -0.25) is 4.90 Å². The predicted molar refractivity (Wildman–Crippen MR) is 82.1 cm³/mol. The Kier molecular flexibility index (Phi) is 8.52. The minimum absolute atomic E-state index is 0.262. The first-order valence-electron chi connectivity index (χ1n) is 6.80. The molecule has 2 atom stereocenters. The molecule has 104 valence electrons. The first kappa shape index (κ1) is 17.3. The van der Waals surface area contributed by atoms with Gasteiger partial charge in [0, 0.05) is 24.2 Å². The molecule has 0 spiro atoms. The van der Waals surface area contributed by atoms with Gasteiger partial charge in [0.1, 0.15) is 0 Å². The van der Waals surface area contributed by atoms with Crippen LogP contribution in [0.5, 0.6) is 0 Å². The number of hydrogen-bond acceptors (Lipinski definition) is 3. The highest BCUT2D eigenvalue weighted by Crippen LogP contribution is 2.11. The van der Waals surface area contributed by atoms with E-state index in [1.807, 2.05) is 11.8 Å². The van der Waals surface area contributed by atoms with Crippen molar-refractivity contribution in [1.82, 2.24) is 10.2 Å². The van der Waals surface area contributed by atoms with Crippen LogP contribution in [0, 0.1) is 0 Å². The van der Waals surface area contributed by atoms with Crippen LogP contribution in [0.3, 0.4) is 0 Å². The van der Waals surface area contributed by atoms with Gasteiger partial charge in [-0.1, -0.05) is 6.92 Å². The van der Waals surface area contributed by atoms with Crippen molar-refractivity contribution < 1.29 is 0 Å². The molecule has 0 aliphatic carbocycles. The van der Waals surface area contributed by atoms with Crippen molar-refractivity contribution in [2.75, 3.05) is 25.6 Å². The van der Waals surface area contributed by atoms with E-state index in [1.54, 1.807) is 0 Å². The third kappa shape index (κ3) is 7.32. The van der Waals surface area contributed by atoms with Crippen molar-refractivity contribution in [2.24, 2.45) is 0 Å². The van der Waals surface area contributed by atoms with Gasteiger partial charge in [0.15, 0.2) is 0 Å². The lowest BCUT2D eigenvalue weighted by molar-refractivity contribution is 0.177. The predicted octanol–water partition coefficient (Wildman–Crippen LogP) is 3.23. The van der Waals surface area contributed by atoms with Gasteiger partial charge in [0.05, 0.1) is 0 Å². The summed E-state index contributed by atoms with van der Waals surface area (Å²) in [7, 11) is 2.25. The molecule has 0 amide bonds. The highest BCUT2D eigenvalue weighted by molar-refractivity contribution is 7.98. The Morgan fingerprint density at radius 1 is 1.24 bits per heavy atom. The number of rotatable bonds is 9. The fourth-order valence-electron chi connectivity index (χ4n) is 1.62. The number of likely N-dealkylation sites (N-methyl/N-ethyl adjacent to an activating group) is 1. The number of nitrogens with one attached hydrogen (secondary N) is 1. The molecule has 0 aliphatic rings. The molecule has 3 heteroatoms. The van der Waals surface area contributed by atoms with E-state index in [1.165, 1.54) is 18.6 Å². The fourth-order valence-corrected chi connectivity index (χ4v) is 2.20. The summed E-state index contributed by atoms with van der Waals surface area (Å²) in [6, 6.07) is 1.27. The van der Waals surface area contributed by atoms with E-state index in [0.29, 0.717) is 12.1 Å². The highest BCUT2D eigenvalue weighted by atomic mass is 32.2. The van der Waals surface area contributed by atoms with Crippen molar-refractivity contribution in [3.63, 3.8) is 0 Å². The third-order valence-corrected chi connectivity index (χ3v) is 4.53. The summed E-state index contributed by atoms with van der Waals surface area (Å²) in [6.45, 7) is 12.5. The molecule has 0 heterocycles. The molecule has 0 aliphatic heterocycles. The molecule has 2 nitrogen and oxygen atoms in total. The van der Waals surface area contributed by atoms with Gasteiger partial charge in [-0.2, -0.15) is 11.8 Å². The molecule has 0 radical (unpaired) electrons. The molecule has 0 bridgehead atoms. The molecule has 0 fully saturated rings. The lowest BCUT2D eigenvalue weighted by Gasteiger charge is -2.34. The lowest BCUT2D eigenvalue weighted by atomic mass is 10.0. The average Bonchev–Trinajstić information content (AvgIpc) is 2.32. The molecule has 0 aromatic carbocycles. The molecule has 1 N–H and O–H groups in total. The second kappa shape index (κ2) is 8.39. The van der Waals surface area contributed by atoms with Gasteiger partial charge in [-0.05, 0) is 59.6 Å². The zero-order chi connectivity index (χ0) is 13.5. The summed E-state index contributed by atoms with van der Waals surface area (Å²) < 4.78 is 0. The summed E-state index contributed by atoms with van der Waals surface area (Å²) in [5.74, 6) is 1.26. The zero-order valence-electron chi connectivity index (χ0n) is 12.8. The largest absolute Gasteiger partial charge is 0.310 e. The third-order valence-electron chi connectivity index (χ3n) is 3.89. The molecule has 2 unspecified atom stereocenters. The van der Waals surface area contributed by atoms with Crippen LogP contribution >= 0.6 is 11.8 Å². The molecule has 0 aromatic heterocycles. The van der Waals surface area contributed by atoms with Crippen LogP contribution in [0.2, 0.25) is 0 Å². The molecular weight excluding hydrogens is 228 g/mol. The van der Waals surface area contributed by atoms with Crippen molar-refractivity contribution in [3.05, 3.63) is 0 Å². The summed E-state index contributed by atoms with van der Waals surface area (Å²) >= 11 is 1.94. The Balaban J connectivity index is 4.00. The zero-order valence-corrected chi connectivity index (χ0v) is 13.7. The number of thioether (sulfide) groups is 1. The van der Waals surface area contributed by atoms with E-state index in [2.05, 4.69) is 58.1 Å². The minimum Gasteiger partial charge on any atom is -0.310 e. The lowest BCUT2D eigenvalue weighted by Crippen LogP contribution is -2.48. The molecule has 0 rings (SSSR count). The smallest absolute Gasteiger partial charge is 0.0192 e. The summed E-state index contributed by atoms with van der Waals surface area (Å²) in [4.78, 5) is 2.50. The van der Waals surface area contributed by atoms with Gasteiger partial charge in [0.2, 0.25) is 0 Å². The van der Waals surface area contributed by atoms with E-state index < -0.39 is 0 Å². The highest BCUT2D eigenvalue weighted by Gasteiger charge is 2.19. The molecule has 0 aromatic rings. The van der Waals surface area contributed by atoms with Crippen LogP contribution in [0.25, 0.3) is 0 Å². The second-order valence-electron chi connectivity index (χ2n) is 5.76. The second-order valence-corrected chi connectivity index (χ2v) is 6.75. The van der Waals surface area contributed by atoms with Gasteiger partial charge >= 0.3 is 0 Å². The maximum Gasteiger partial charge on any atom is 0.0192 e. The maximum atomic E-state index is 3.65. The van der Waals surface area contributed by atoms with Crippen LogP contribution in [-0.2, 0) is 0 Å².